The molecule has 1 fully saturated rings. The van der Waals surface area contributed by atoms with Crippen molar-refractivity contribution < 1.29 is 9.18 Å². The lowest BCUT2D eigenvalue weighted by atomic mass is 10.2. The number of carbonyl (C=O) groups is 1. The van der Waals surface area contributed by atoms with Crippen LogP contribution in [-0.4, -0.2) is 30.4 Å². The van der Waals surface area contributed by atoms with Crippen LogP contribution in [0.4, 0.5) is 10.1 Å². The molecule has 0 unspecified atom stereocenters. The lowest BCUT2D eigenvalue weighted by Crippen LogP contribution is -2.32. The normalized spacial score (nSPS) is 14.3. The quantitative estimate of drug-likeness (QED) is 0.885. The summed E-state index contributed by atoms with van der Waals surface area (Å²) in [4.78, 5) is 13.6. The second-order valence-corrected chi connectivity index (χ2v) is 4.25. The Bertz CT molecular complexity index is 489. The molecule has 0 bridgehead atoms. The van der Waals surface area contributed by atoms with Crippen molar-refractivity contribution in [1.82, 2.24) is 4.90 Å². The van der Waals surface area contributed by atoms with E-state index in [1.54, 1.807) is 6.07 Å². The summed E-state index contributed by atoms with van der Waals surface area (Å²) in [6.45, 7) is 1.80. The molecule has 1 N–H and O–H groups in total. The molecule has 0 saturated carbocycles. The van der Waals surface area contributed by atoms with Gasteiger partial charge in [-0.3, -0.25) is 4.79 Å². The number of nitrogens with zero attached hydrogens (tertiary/aromatic N) is 2. The Morgan fingerprint density at radius 3 is 2.83 bits per heavy atom. The summed E-state index contributed by atoms with van der Waals surface area (Å²) < 4.78 is 13.1. The molecule has 0 atom stereocenters. The predicted octanol–water partition coefficient (Wildman–Crippen LogP) is 1.73. The van der Waals surface area contributed by atoms with Crippen LogP contribution in [0.25, 0.3) is 0 Å². The number of likely N-dealkylation sites (tertiary alicyclic amines) is 1. The van der Waals surface area contributed by atoms with E-state index in [1.807, 2.05) is 4.90 Å². The number of amides is 1. The van der Waals surface area contributed by atoms with Gasteiger partial charge in [0.1, 0.15) is 11.9 Å². The van der Waals surface area contributed by atoms with Gasteiger partial charge >= 0.3 is 0 Å². The molecule has 1 saturated heterocycles. The fourth-order valence-corrected chi connectivity index (χ4v) is 1.98. The molecule has 4 nitrogen and oxygen atoms in total. The molecule has 0 aliphatic carbocycles. The van der Waals surface area contributed by atoms with Crippen molar-refractivity contribution in [3.8, 4) is 6.07 Å². The number of nitrogens with one attached hydrogen (secondary N) is 1. The number of anilines is 1. The Labute approximate surface area is 105 Å². The summed E-state index contributed by atoms with van der Waals surface area (Å²) >= 11 is 0. The number of rotatable bonds is 3. The van der Waals surface area contributed by atoms with Gasteiger partial charge in [0, 0.05) is 18.8 Å². The maximum Gasteiger partial charge on any atom is 0.241 e. The lowest BCUT2D eigenvalue weighted by Gasteiger charge is -2.16. The average Bonchev–Trinajstić information content (AvgIpc) is 2.91. The zero-order chi connectivity index (χ0) is 13.0. The number of hydrogen-bond acceptors (Lipinski definition) is 3. The first-order valence-corrected chi connectivity index (χ1v) is 5.92. The van der Waals surface area contributed by atoms with Crippen LogP contribution >= 0.6 is 0 Å². The van der Waals surface area contributed by atoms with Crippen LogP contribution < -0.4 is 5.32 Å². The smallest absolute Gasteiger partial charge is 0.241 e. The van der Waals surface area contributed by atoms with Gasteiger partial charge in [-0.1, -0.05) is 0 Å². The van der Waals surface area contributed by atoms with Crippen molar-refractivity contribution in [2.75, 3.05) is 25.0 Å². The largest absolute Gasteiger partial charge is 0.376 e. The molecular formula is C13H14FN3O. The van der Waals surface area contributed by atoms with Gasteiger partial charge in [0.05, 0.1) is 12.1 Å². The Morgan fingerprint density at radius 2 is 2.17 bits per heavy atom. The molecule has 0 aromatic heterocycles. The number of nitriles is 1. The second-order valence-electron chi connectivity index (χ2n) is 4.25. The standard InChI is InChI=1S/C13H14FN3O/c14-12-4-3-11(7-10(12)8-15)16-9-13(18)17-5-1-2-6-17/h3-4,7,16H,1-2,5-6,9H2. The third-order valence-corrected chi connectivity index (χ3v) is 2.99. The number of hydrogen-bond donors (Lipinski definition) is 1. The monoisotopic (exact) mass is 247 g/mol. The average molecular weight is 247 g/mol. The summed E-state index contributed by atoms with van der Waals surface area (Å²) in [6.07, 6.45) is 2.11. The van der Waals surface area contributed by atoms with Gasteiger partial charge in [0.15, 0.2) is 0 Å². The highest BCUT2D eigenvalue weighted by molar-refractivity contribution is 5.81. The first-order valence-electron chi connectivity index (χ1n) is 5.92. The molecule has 2 rings (SSSR count). The summed E-state index contributed by atoms with van der Waals surface area (Å²) in [5.41, 5.74) is 0.564. The minimum Gasteiger partial charge on any atom is -0.376 e. The maximum atomic E-state index is 13.1. The van der Waals surface area contributed by atoms with E-state index in [4.69, 9.17) is 5.26 Å². The van der Waals surface area contributed by atoms with Gasteiger partial charge in [-0.15, -0.1) is 0 Å². The third-order valence-electron chi connectivity index (χ3n) is 2.99. The second kappa shape index (κ2) is 5.50. The SMILES string of the molecule is N#Cc1cc(NCC(=O)N2CCCC2)ccc1F. The summed E-state index contributed by atoms with van der Waals surface area (Å²) in [5.74, 6) is -0.510. The van der Waals surface area contributed by atoms with Crippen LogP contribution in [0.2, 0.25) is 0 Å². The van der Waals surface area contributed by atoms with Crippen molar-refractivity contribution in [2.45, 2.75) is 12.8 Å². The zero-order valence-electron chi connectivity index (χ0n) is 9.95. The van der Waals surface area contributed by atoms with E-state index in [9.17, 15) is 9.18 Å². The Morgan fingerprint density at radius 1 is 1.44 bits per heavy atom. The molecule has 1 aliphatic rings. The van der Waals surface area contributed by atoms with Crippen LogP contribution in [0.3, 0.4) is 0 Å². The van der Waals surface area contributed by atoms with Crippen LogP contribution in [0.5, 0.6) is 0 Å². The van der Waals surface area contributed by atoms with E-state index in [-0.39, 0.29) is 18.0 Å². The molecular weight excluding hydrogens is 233 g/mol. The molecule has 18 heavy (non-hydrogen) atoms. The summed E-state index contributed by atoms with van der Waals surface area (Å²) in [5, 5.41) is 11.6. The van der Waals surface area contributed by atoms with E-state index >= 15 is 0 Å². The summed E-state index contributed by atoms with van der Waals surface area (Å²) in [6, 6.07) is 5.92. The fraction of sp³-hybridized carbons (Fsp3) is 0.385. The van der Waals surface area contributed by atoms with Crippen molar-refractivity contribution in [1.29, 1.82) is 5.26 Å². The topological polar surface area (TPSA) is 56.1 Å². The van der Waals surface area contributed by atoms with Crippen LogP contribution in [0.1, 0.15) is 18.4 Å². The lowest BCUT2D eigenvalue weighted by molar-refractivity contribution is -0.128. The number of halogens is 1. The van der Waals surface area contributed by atoms with Crippen LogP contribution in [0.15, 0.2) is 18.2 Å². The van der Waals surface area contributed by atoms with Gasteiger partial charge in [0.2, 0.25) is 5.91 Å². The van der Waals surface area contributed by atoms with Crippen molar-refractivity contribution in [2.24, 2.45) is 0 Å². The highest BCUT2D eigenvalue weighted by atomic mass is 19.1. The Hall–Kier alpha value is -2.09. The van der Waals surface area contributed by atoms with Crippen molar-refractivity contribution in [3.05, 3.63) is 29.6 Å². The molecule has 1 aliphatic heterocycles. The first-order chi connectivity index (χ1) is 8.70. The molecule has 1 aromatic rings. The molecule has 1 aromatic carbocycles. The van der Waals surface area contributed by atoms with Gasteiger partial charge in [-0.05, 0) is 31.0 Å². The van der Waals surface area contributed by atoms with E-state index < -0.39 is 5.82 Å². The maximum absolute atomic E-state index is 13.1. The van der Waals surface area contributed by atoms with Gasteiger partial charge < -0.3 is 10.2 Å². The van der Waals surface area contributed by atoms with Crippen molar-refractivity contribution in [3.63, 3.8) is 0 Å². The van der Waals surface area contributed by atoms with Gasteiger partial charge in [-0.2, -0.15) is 5.26 Å². The first kappa shape index (κ1) is 12.4. The number of carbonyl (C=O) groups excluding carboxylic acids is 1. The number of benzene rings is 1. The Balaban J connectivity index is 1.94. The van der Waals surface area contributed by atoms with Crippen LogP contribution in [-0.2, 0) is 4.79 Å². The molecule has 0 spiro atoms. The van der Waals surface area contributed by atoms with E-state index in [0.29, 0.717) is 5.69 Å². The van der Waals surface area contributed by atoms with Crippen molar-refractivity contribution >= 4 is 11.6 Å². The Kier molecular flexibility index (Phi) is 3.78. The molecule has 5 heteroatoms. The van der Waals surface area contributed by atoms with E-state index in [2.05, 4.69) is 5.32 Å². The van der Waals surface area contributed by atoms with Gasteiger partial charge in [0.25, 0.3) is 0 Å². The fourth-order valence-electron chi connectivity index (χ4n) is 1.98. The third kappa shape index (κ3) is 2.77. The molecule has 1 heterocycles. The van der Waals surface area contributed by atoms with Gasteiger partial charge in [-0.25, -0.2) is 4.39 Å². The van der Waals surface area contributed by atoms with E-state index in [0.717, 1.165) is 25.9 Å². The molecule has 0 radical (unpaired) electrons. The van der Waals surface area contributed by atoms with Crippen LogP contribution in [0, 0.1) is 17.1 Å². The minimum atomic E-state index is -0.547. The minimum absolute atomic E-state index is 0.0198. The van der Waals surface area contributed by atoms with E-state index in [1.165, 1.54) is 18.2 Å². The zero-order valence-corrected chi connectivity index (χ0v) is 9.95. The predicted molar refractivity (Wildman–Crippen MR) is 65.4 cm³/mol. The molecule has 1 amide bonds. The highest BCUT2D eigenvalue weighted by Crippen LogP contribution is 2.14. The highest BCUT2D eigenvalue weighted by Gasteiger charge is 2.17. The molecule has 94 valence electrons. The summed E-state index contributed by atoms with van der Waals surface area (Å²) in [7, 11) is 0.